The average molecular weight is 449 g/mol. The van der Waals surface area contributed by atoms with E-state index in [9.17, 15) is 0 Å². The van der Waals surface area contributed by atoms with Crippen LogP contribution >= 0.6 is 23.2 Å². The molecule has 3 rings (SSSR count). The number of rotatable bonds is 8. The summed E-state index contributed by atoms with van der Waals surface area (Å²) < 4.78 is 5.49. The number of ether oxygens (including phenoxy) is 1. The largest absolute Gasteiger partial charge is 0.378 e. The zero-order chi connectivity index (χ0) is 21.7. The van der Waals surface area contributed by atoms with Gasteiger partial charge in [-0.2, -0.15) is 0 Å². The summed E-state index contributed by atoms with van der Waals surface area (Å²) in [7, 11) is 2.17. The standard InChI is InChI=1S/C25H34Cl2N2O/c1-18(2)24(7-8-28(4)17-20-14-21(26)16-22(27)15-20)25-6-5-23(13-19(25)3)29-9-11-30-12-10-29/h5-6,13-16,18,24H,7-12,17H2,1-4H3. The van der Waals surface area contributed by atoms with Gasteiger partial charge in [0.1, 0.15) is 0 Å². The summed E-state index contributed by atoms with van der Waals surface area (Å²) in [6.45, 7) is 12.4. The second-order valence-corrected chi connectivity index (χ2v) is 9.67. The molecule has 1 saturated heterocycles. The first kappa shape index (κ1) is 23.4. The van der Waals surface area contributed by atoms with Crippen molar-refractivity contribution < 1.29 is 4.74 Å². The van der Waals surface area contributed by atoms with E-state index in [0.29, 0.717) is 21.9 Å². The Morgan fingerprint density at radius 1 is 1.03 bits per heavy atom. The topological polar surface area (TPSA) is 15.7 Å². The van der Waals surface area contributed by atoms with Gasteiger partial charge in [0.2, 0.25) is 0 Å². The Balaban J connectivity index is 1.65. The summed E-state index contributed by atoms with van der Waals surface area (Å²) in [5.41, 5.74) is 5.34. The third-order valence-corrected chi connectivity index (χ3v) is 6.47. The number of benzene rings is 2. The number of aryl methyl sites for hydroxylation is 1. The maximum atomic E-state index is 6.16. The molecule has 2 aromatic carbocycles. The highest BCUT2D eigenvalue weighted by Gasteiger charge is 2.20. The molecule has 0 saturated carbocycles. The smallest absolute Gasteiger partial charge is 0.0642 e. The van der Waals surface area contributed by atoms with Crippen LogP contribution in [0.2, 0.25) is 10.0 Å². The molecule has 0 N–H and O–H groups in total. The van der Waals surface area contributed by atoms with Crippen LogP contribution in [0.1, 0.15) is 42.9 Å². The van der Waals surface area contributed by atoms with E-state index in [1.54, 1.807) is 6.07 Å². The number of anilines is 1. The van der Waals surface area contributed by atoms with Crippen molar-refractivity contribution >= 4 is 28.9 Å². The van der Waals surface area contributed by atoms with Crippen molar-refractivity contribution in [3.63, 3.8) is 0 Å². The van der Waals surface area contributed by atoms with Crippen molar-refractivity contribution in [1.82, 2.24) is 4.90 Å². The molecule has 2 aromatic rings. The van der Waals surface area contributed by atoms with Gasteiger partial charge in [0.25, 0.3) is 0 Å². The molecule has 1 aliphatic rings. The molecule has 0 amide bonds. The summed E-state index contributed by atoms with van der Waals surface area (Å²) in [4.78, 5) is 4.78. The van der Waals surface area contributed by atoms with Gasteiger partial charge in [-0.1, -0.05) is 43.1 Å². The number of hydrogen-bond donors (Lipinski definition) is 0. The lowest BCUT2D eigenvalue weighted by atomic mass is 9.83. The molecule has 1 aliphatic heterocycles. The highest BCUT2D eigenvalue weighted by atomic mass is 35.5. The van der Waals surface area contributed by atoms with Crippen LogP contribution in [-0.2, 0) is 11.3 Å². The average Bonchev–Trinajstić information content (AvgIpc) is 2.68. The van der Waals surface area contributed by atoms with Crippen LogP contribution in [0.15, 0.2) is 36.4 Å². The van der Waals surface area contributed by atoms with Crippen molar-refractivity contribution in [2.45, 2.75) is 39.7 Å². The normalized spacial score (nSPS) is 15.8. The molecule has 30 heavy (non-hydrogen) atoms. The third-order valence-electron chi connectivity index (χ3n) is 6.03. The zero-order valence-electron chi connectivity index (χ0n) is 18.6. The van der Waals surface area contributed by atoms with Gasteiger partial charge >= 0.3 is 0 Å². The van der Waals surface area contributed by atoms with Crippen LogP contribution in [0.4, 0.5) is 5.69 Å². The highest BCUT2D eigenvalue weighted by Crippen LogP contribution is 2.33. The molecule has 5 heteroatoms. The number of halogens is 2. The number of nitrogens with zero attached hydrogens (tertiary/aromatic N) is 2. The molecular weight excluding hydrogens is 415 g/mol. The first-order chi connectivity index (χ1) is 14.3. The highest BCUT2D eigenvalue weighted by molar-refractivity contribution is 6.34. The lowest BCUT2D eigenvalue weighted by Gasteiger charge is -2.31. The predicted octanol–water partition coefficient (Wildman–Crippen LogP) is 6.40. The first-order valence-corrected chi connectivity index (χ1v) is 11.7. The molecule has 1 atom stereocenters. The van der Waals surface area contributed by atoms with Crippen LogP contribution in [-0.4, -0.2) is 44.8 Å². The first-order valence-electron chi connectivity index (χ1n) is 10.9. The molecule has 164 valence electrons. The Morgan fingerprint density at radius 3 is 2.30 bits per heavy atom. The van der Waals surface area contributed by atoms with Crippen LogP contribution in [0.5, 0.6) is 0 Å². The Morgan fingerprint density at radius 2 is 1.70 bits per heavy atom. The fourth-order valence-electron chi connectivity index (χ4n) is 4.39. The summed E-state index contributed by atoms with van der Waals surface area (Å²) in [6.07, 6.45) is 1.13. The molecule has 1 fully saturated rings. The van der Waals surface area contributed by atoms with E-state index in [4.69, 9.17) is 27.9 Å². The quantitative estimate of drug-likeness (QED) is 0.464. The maximum Gasteiger partial charge on any atom is 0.0642 e. The van der Waals surface area contributed by atoms with E-state index >= 15 is 0 Å². The van der Waals surface area contributed by atoms with E-state index in [2.05, 4.69) is 55.8 Å². The molecule has 3 nitrogen and oxygen atoms in total. The monoisotopic (exact) mass is 448 g/mol. The molecule has 0 aromatic heterocycles. The van der Waals surface area contributed by atoms with Crippen LogP contribution in [0, 0.1) is 12.8 Å². The van der Waals surface area contributed by atoms with E-state index in [-0.39, 0.29) is 0 Å². The number of hydrogen-bond acceptors (Lipinski definition) is 3. The Bertz CT molecular complexity index is 814. The van der Waals surface area contributed by atoms with Gasteiger partial charge in [-0.3, -0.25) is 0 Å². The molecule has 0 spiro atoms. The number of morpholine rings is 1. The zero-order valence-corrected chi connectivity index (χ0v) is 20.1. The van der Waals surface area contributed by atoms with Crippen molar-refractivity contribution in [1.29, 1.82) is 0 Å². The third kappa shape index (κ3) is 6.37. The lowest BCUT2D eigenvalue weighted by Crippen LogP contribution is -2.36. The lowest BCUT2D eigenvalue weighted by molar-refractivity contribution is 0.122. The Kier molecular flexibility index (Phi) is 8.47. The molecule has 1 unspecified atom stereocenters. The van der Waals surface area contributed by atoms with Gasteiger partial charge in [-0.05, 0) is 85.8 Å². The molecular formula is C25H34Cl2N2O. The van der Waals surface area contributed by atoms with Gasteiger partial charge in [0, 0.05) is 35.4 Å². The Hall–Kier alpha value is -1.26. The minimum Gasteiger partial charge on any atom is -0.378 e. The second-order valence-electron chi connectivity index (χ2n) is 8.79. The van der Waals surface area contributed by atoms with Gasteiger partial charge < -0.3 is 14.5 Å². The van der Waals surface area contributed by atoms with Gasteiger partial charge in [0.15, 0.2) is 0 Å². The SMILES string of the molecule is Cc1cc(N2CCOCC2)ccc1C(CCN(C)Cc1cc(Cl)cc(Cl)c1)C(C)C. The molecule has 1 heterocycles. The summed E-state index contributed by atoms with van der Waals surface area (Å²) in [6, 6.07) is 12.8. The second kappa shape index (κ2) is 10.9. The van der Waals surface area contributed by atoms with Crippen LogP contribution in [0.3, 0.4) is 0 Å². The minimum atomic E-state index is 0.536. The predicted molar refractivity (Wildman–Crippen MR) is 129 cm³/mol. The van der Waals surface area contributed by atoms with E-state index in [0.717, 1.165) is 51.4 Å². The van der Waals surface area contributed by atoms with Crippen molar-refractivity contribution in [2.75, 3.05) is 44.8 Å². The minimum absolute atomic E-state index is 0.536. The van der Waals surface area contributed by atoms with Gasteiger partial charge in [-0.25, -0.2) is 0 Å². The molecule has 0 bridgehead atoms. The van der Waals surface area contributed by atoms with Crippen molar-refractivity contribution in [3.8, 4) is 0 Å². The van der Waals surface area contributed by atoms with E-state index < -0.39 is 0 Å². The van der Waals surface area contributed by atoms with Gasteiger partial charge in [0.05, 0.1) is 13.2 Å². The van der Waals surface area contributed by atoms with E-state index in [1.807, 2.05) is 12.1 Å². The van der Waals surface area contributed by atoms with Crippen molar-refractivity contribution in [2.24, 2.45) is 5.92 Å². The van der Waals surface area contributed by atoms with E-state index in [1.165, 1.54) is 16.8 Å². The summed E-state index contributed by atoms with van der Waals surface area (Å²) >= 11 is 12.3. The fraction of sp³-hybridized carbons (Fsp3) is 0.520. The fourth-order valence-corrected chi connectivity index (χ4v) is 4.97. The maximum absolute atomic E-state index is 6.16. The van der Waals surface area contributed by atoms with Crippen LogP contribution in [0.25, 0.3) is 0 Å². The molecule has 0 aliphatic carbocycles. The van der Waals surface area contributed by atoms with Gasteiger partial charge in [-0.15, -0.1) is 0 Å². The molecule has 0 radical (unpaired) electrons. The van der Waals surface area contributed by atoms with Crippen molar-refractivity contribution in [3.05, 3.63) is 63.1 Å². The summed E-state index contributed by atoms with van der Waals surface area (Å²) in [5, 5.41) is 1.39. The summed E-state index contributed by atoms with van der Waals surface area (Å²) in [5.74, 6) is 1.13. The van der Waals surface area contributed by atoms with Crippen LogP contribution < -0.4 is 4.90 Å². The Labute approximate surface area is 191 Å².